The number of amides is 1. The highest BCUT2D eigenvalue weighted by atomic mass is 16.6. The quantitative estimate of drug-likeness (QED) is 0.484. The summed E-state index contributed by atoms with van der Waals surface area (Å²) in [4.78, 5) is 25.2. The molecule has 1 atom stereocenters. The third kappa shape index (κ3) is 6.83. The molecule has 0 heterocycles. The van der Waals surface area contributed by atoms with Crippen molar-refractivity contribution in [2.75, 3.05) is 26.9 Å². The summed E-state index contributed by atoms with van der Waals surface area (Å²) in [5.41, 5.74) is 0.961. The van der Waals surface area contributed by atoms with Gasteiger partial charge in [0.05, 0.1) is 13.2 Å². The fraction of sp³-hybridized carbons (Fsp3) is 0.444. The zero-order chi connectivity index (χ0) is 17.9. The zero-order valence-corrected chi connectivity index (χ0v) is 14.5. The van der Waals surface area contributed by atoms with Crippen LogP contribution in [0.3, 0.4) is 0 Å². The predicted octanol–water partition coefficient (Wildman–Crippen LogP) is 2.18. The number of nitrogens with zero attached hydrogens (tertiary/aromatic N) is 1. The SMILES string of the molecule is C=CCOC(C)C(=O)OCC(=O)N(C)Cc1ccc(OCC)cc1. The standard InChI is InChI=1S/C18H25NO5/c1-5-11-23-14(3)18(21)24-13-17(20)19(4)12-15-7-9-16(10-8-15)22-6-2/h5,7-10,14H,1,6,11-13H2,2-4H3. The molecule has 0 fully saturated rings. The van der Waals surface area contributed by atoms with Gasteiger partial charge in [0.2, 0.25) is 0 Å². The van der Waals surface area contributed by atoms with Crippen molar-refractivity contribution in [3.8, 4) is 5.75 Å². The molecule has 0 radical (unpaired) electrons. The molecular formula is C18H25NO5. The second-order valence-electron chi connectivity index (χ2n) is 5.20. The van der Waals surface area contributed by atoms with E-state index in [0.717, 1.165) is 11.3 Å². The van der Waals surface area contributed by atoms with E-state index in [1.165, 1.54) is 4.90 Å². The number of likely N-dealkylation sites (N-methyl/N-ethyl adjacent to an activating group) is 1. The molecule has 0 aliphatic carbocycles. The molecule has 1 amide bonds. The van der Waals surface area contributed by atoms with Crippen LogP contribution in [0.5, 0.6) is 5.75 Å². The molecule has 0 aliphatic rings. The third-order valence-electron chi connectivity index (χ3n) is 3.21. The third-order valence-corrected chi connectivity index (χ3v) is 3.21. The van der Waals surface area contributed by atoms with Crippen molar-refractivity contribution >= 4 is 11.9 Å². The van der Waals surface area contributed by atoms with Crippen molar-refractivity contribution in [3.63, 3.8) is 0 Å². The number of hydrogen-bond donors (Lipinski definition) is 0. The summed E-state index contributed by atoms with van der Waals surface area (Å²) in [6, 6.07) is 7.50. The lowest BCUT2D eigenvalue weighted by Crippen LogP contribution is -2.33. The lowest BCUT2D eigenvalue weighted by Gasteiger charge is -2.18. The van der Waals surface area contributed by atoms with E-state index in [1.807, 2.05) is 31.2 Å². The highest BCUT2D eigenvalue weighted by molar-refractivity contribution is 5.81. The molecule has 0 aliphatic heterocycles. The summed E-state index contributed by atoms with van der Waals surface area (Å²) in [5, 5.41) is 0. The Hall–Kier alpha value is -2.34. The van der Waals surface area contributed by atoms with Gasteiger partial charge in [0.25, 0.3) is 5.91 Å². The summed E-state index contributed by atoms with van der Waals surface area (Å²) in [5.74, 6) is -0.0644. The smallest absolute Gasteiger partial charge is 0.335 e. The molecule has 0 spiro atoms. The van der Waals surface area contributed by atoms with Crippen LogP contribution in [0.25, 0.3) is 0 Å². The van der Waals surface area contributed by atoms with Crippen molar-refractivity contribution in [3.05, 3.63) is 42.5 Å². The van der Waals surface area contributed by atoms with Gasteiger partial charge in [-0.25, -0.2) is 4.79 Å². The molecule has 0 saturated heterocycles. The van der Waals surface area contributed by atoms with Crippen LogP contribution < -0.4 is 4.74 Å². The van der Waals surface area contributed by atoms with Crippen LogP contribution in [0.15, 0.2) is 36.9 Å². The molecule has 1 aromatic rings. The van der Waals surface area contributed by atoms with Gasteiger partial charge >= 0.3 is 5.97 Å². The Kier molecular flexibility index (Phi) is 8.57. The number of hydrogen-bond acceptors (Lipinski definition) is 5. The van der Waals surface area contributed by atoms with Crippen molar-refractivity contribution in [2.45, 2.75) is 26.5 Å². The number of ether oxygens (including phenoxy) is 3. The molecular weight excluding hydrogens is 310 g/mol. The minimum atomic E-state index is -0.729. The monoisotopic (exact) mass is 335 g/mol. The maximum absolute atomic E-state index is 12.0. The summed E-state index contributed by atoms with van der Waals surface area (Å²) in [6.07, 6.45) is 0.812. The van der Waals surface area contributed by atoms with Crippen molar-refractivity contribution in [1.82, 2.24) is 4.90 Å². The Bertz CT molecular complexity index is 541. The fourth-order valence-corrected chi connectivity index (χ4v) is 1.86. The highest BCUT2D eigenvalue weighted by Crippen LogP contribution is 2.13. The maximum atomic E-state index is 12.0. The fourth-order valence-electron chi connectivity index (χ4n) is 1.86. The molecule has 6 nitrogen and oxygen atoms in total. The summed E-state index contributed by atoms with van der Waals surface area (Å²) < 4.78 is 15.5. The Balaban J connectivity index is 2.41. The zero-order valence-electron chi connectivity index (χ0n) is 14.5. The first-order valence-corrected chi connectivity index (χ1v) is 7.82. The minimum Gasteiger partial charge on any atom is -0.494 e. The minimum absolute atomic E-state index is 0.252. The van der Waals surface area contributed by atoms with E-state index in [4.69, 9.17) is 14.2 Å². The molecule has 1 rings (SSSR count). The van der Waals surface area contributed by atoms with Crippen LogP contribution >= 0.6 is 0 Å². The van der Waals surface area contributed by atoms with E-state index < -0.39 is 12.1 Å². The maximum Gasteiger partial charge on any atom is 0.335 e. The molecule has 1 aromatic carbocycles. The molecule has 0 bridgehead atoms. The van der Waals surface area contributed by atoms with E-state index in [-0.39, 0.29) is 19.1 Å². The second kappa shape index (κ2) is 10.4. The Labute approximate surface area is 143 Å². The van der Waals surface area contributed by atoms with Crippen LogP contribution in [-0.2, 0) is 25.6 Å². The van der Waals surface area contributed by atoms with E-state index in [1.54, 1.807) is 20.0 Å². The highest BCUT2D eigenvalue weighted by Gasteiger charge is 2.17. The van der Waals surface area contributed by atoms with Crippen molar-refractivity contribution in [2.24, 2.45) is 0 Å². The number of carbonyl (C=O) groups is 2. The summed E-state index contributed by atoms with van der Waals surface area (Å²) in [7, 11) is 1.66. The summed E-state index contributed by atoms with van der Waals surface area (Å²) in [6.45, 7) is 7.96. The molecule has 6 heteroatoms. The van der Waals surface area contributed by atoms with E-state index in [9.17, 15) is 9.59 Å². The normalized spacial score (nSPS) is 11.5. The van der Waals surface area contributed by atoms with Crippen molar-refractivity contribution in [1.29, 1.82) is 0 Å². The van der Waals surface area contributed by atoms with E-state index in [2.05, 4.69) is 6.58 Å². The average Bonchev–Trinajstić information content (AvgIpc) is 2.58. The van der Waals surface area contributed by atoms with Gasteiger partial charge in [-0.2, -0.15) is 0 Å². The lowest BCUT2D eigenvalue weighted by molar-refractivity contribution is -0.160. The molecule has 0 N–H and O–H groups in total. The van der Waals surface area contributed by atoms with Crippen LogP contribution in [0.1, 0.15) is 19.4 Å². The van der Waals surface area contributed by atoms with Gasteiger partial charge in [0.1, 0.15) is 5.75 Å². The number of carbonyl (C=O) groups excluding carboxylic acids is 2. The van der Waals surface area contributed by atoms with Gasteiger partial charge in [-0.15, -0.1) is 6.58 Å². The van der Waals surface area contributed by atoms with Gasteiger partial charge in [-0.05, 0) is 31.5 Å². The van der Waals surface area contributed by atoms with E-state index >= 15 is 0 Å². The first-order chi connectivity index (χ1) is 11.5. The topological polar surface area (TPSA) is 65.1 Å². The average molecular weight is 335 g/mol. The largest absolute Gasteiger partial charge is 0.494 e. The number of benzene rings is 1. The van der Waals surface area contributed by atoms with Gasteiger partial charge in [-0.3, -0.25) is 4.79 Å². The molecule has 1 unspecified atom stereocenters. The number of esters is 1. The Morgan fingerprint density at radius 1 is 1.29 bits per heavy atom. The van der Waals surface area contributed by atoms with Gasteiger partial charge in [0.15, 0.2) is 12.7 Å². The van der Waals surface area contributed by atoms with Gasteiger partial charge in [0, 0.05) is 13.6 Å². The first-order valence-electron chi connectivity index (χ1n) is 7.82. The predicted molar refractivity (Wildman–Crippen MR) is 90.7 cm³/mol. The molecule has 0 saturated carbocycles. The van der Waals surface area contributed by atoms with Crippen LogP contribution in [0.2, 0.25) is 0 Å². The lowest BCUT2D eigenvalue weighted by atomic mass is 10.2. The Morgan fingerprint density at radius 2 is 1.96 bits per heavy atom. The van der Waals surface area contributed by atoms with Gasteiger partial charge in [-0.1, -0.05) is 18.2 Å². The summed E-state index contributed by atoms with van der Waals surface area (Å²) >= 11 is 0. The van der Waals surface area contributed by atoms with Crippen LogP contribution in [0.4, 0.5) is 0 Å². The molecule has 132 valence electrons. The van der Waals surface area contributed by atoms with Crippen LogP contribution in [-0.4, -0.2) is 49.7 Å². The second-order valence-corrected chi connectivity index (χ2v) is 5.20. The van der Waals surface area contributed by atoms with Gasteiger partial charge < -0.3 is 19.1 Å². The molecule has 0 aromatic heterocycles. The number of rotatable bonds is 10. The van der Waals surface area contributed by atoms with E-state index in [0.29, 0.717) is 13.2 Å². The molecule has 24 heavy (non-hydrogen) atoms. The van der Waals surface area contributed by atoms with Crippen molar-refractivity contribution < 1.29 is 23.8 Å². The Morgan fingerprint density at radius 3 is 2.54 bits per heavy atom. The van der Waals surface area contributed by atoms with Crippen LogP contribution in [0, 0.1) is 0 Å². The first kappa shape index (κ1) is 19.7.